The van der Waals surface area contributed by atoms with Gasteiger partial charge >= 0.3 is 10.4 Å². The van der Waals surface area contributed by atoms with Crippen LogP contribution in [-0.2, 0) is 18.8 Å². The van der Waals surface area contributed by atoms with Gasteiger partial charge in [-0.1, -0.05) is 143 Å². The standard InChI is InChI=1S/C28H58O4S/c1-5-27(3)23-19-15-11-7-9-13-17-21-25-31-33(29,30)32-26-22-18-14-10-8-12-16-20-24-28(4)6-2/h27-28H,5-26H2,1-4H3. The van der Waals surface area contributed by atoms with Crippen LogP contribution in [-0.4, -0.2) is 21.6 Å². The zero-order chi connectivity index (χ0) is 24.6. The van der Waals surface area contributed by atoms with Crippen LogP contribution in [0, 0.1) is 11.8 Å². The van der Waals surface area contributed by atoms with E-state index in [9.17, 15) is 8.42 Å². The van der Waals surface area contributed by atoms with Crippen LogP contribution in [0.15, 0.2) is 0 Å². The molecule has 0 saturated carbocycles. The Kier molecular flexibility index (Phi) is 23.5. The molecule has 0 bridgehead atoms. The third-order valence-electron chi connectivity index (χ3n) is 7.03. The predicted molar refractivity (Wildman–Crippen MR) is 143 cm³/mol. The Balaban J connectivity index is 3.36. The molecule has 0 aliphatic heterocycles. The van der Waals surface area contributed by atoms with Crippen LogP contribution in [0.4, 0.5) is 0 Å². The van der Waals surface area contributed by atoms with Crippen molar-refractivity contribution in [1.82, 2.24) is 0 Å². The molecule has 5 heteroatoms. The Bertz CT molecular complexity index is 454. The van der Waals surface area contributed by atoms with Crippen LogP contribution in [0.3, 0.4) is 0 Å². The maximum absolute atomic E-state index is 11.8. The minimum atomic E-state index is -3.82. The molecule has 0 aliphatic rings. The largest absolute Gasteiger partial charge is 0.399 e. The minimum absolute atomic E-state index is 0.244. The van der Waals surface area contributed by atoms with E-state index in [0.717, 1.165) is 50.4 Å². The lowest BCUT2D eigenvalue weighted by Crippen LogP contribution is -2.12. The van der Waals surface area contributed by atoms with E-state index in [-0.39, 0.29) is 13.2 Å². The van der Waals surface area contributed by atoms with Gasteiger partial charge in [0.25, 0.3) is 0 Å². The Morgan fingerprint density at radius 3 is 1.06 bits per heavy atom. The Morgan fingerprint density at radius 2 is 0.758 bits per heavy atom. The molecule has 200 valence electrons. The summed E-state index contributed by atoms with van der Waals surface area (Å²) < 4.78 is 33.6. The Hall–Kier alpha value is -0.130. The highest BCUT2D eigenvalue weighted by atomic mass is 32.3. The quantitative estimate of drug-likeness (QED) is 0.113. The normalized spacial score (nSPS) is 13.9. The van der Waals surface area contributed by atoms with Crippen molar-refractivity contribution in [3.05, 3.63) is 0 Å². The second kappa shape index (κ2) is 23.6. The maximum atomic E-state index is 11.8. The second-order valence-corrected chi connectivity index (χ2v) is 11.6. The molecule has 0 rings (SSSR count). The van der Waals surface area contributed by atoms with E-state index < -0.39 is 10.4 Å². The van der Waals surface area contributed by atoms with Gasteiger partial charge < -0.3 is 0 Å². The van der Waals surface area contributed by atoms with Gasteiger partial charge in [-0.15, -0.1) is 0 Å². The van der Waals surface area contributed by atoms with Crippen LogP contribution in [0.25, 0.3) is 0 Å². The van der Waals surface area contributed by atoms with Gasteiger partial charge in [0.1, 0.15) is 0 Å². The molecule has 0 aliphatic carbocycles. The van der Waals surface area contributed by atoms with E-state index in [1.165, 1.54) is 89.9 Å². The smallest absolute Gasteiger partial charge is 0.248 e. The number of rotatable bonds is 26. The van der Waals surface area contributed by atoms with Gasteiger partial charge in [0.2, 0.25) is 0 Å². The first-order chi connectivity index (χ1) is 15.9. The lowest BCUT2D eigenvalue weighted by molar-refractivity contribution is 0.208. The molecule has 0 aromatic carbocycles. The fourth-order valence-corrected chi connectivity index (χ4v) is 4.79. The molecule has 0 heterocycles. The summed E-state index contributed by atoms with van der Waals surface area (Å²) in [6, 6.07) is 0. The topological polar surface area (TPSA) is 52.6 Å². The van der Waals surface area contributed by atoms with E-state index in [1.807, 2.05) is 0 Å². The van der Waals surface area contributed by atoms with Gasteiger partial charge in [0.05, 0.1) is 13.2 Å². The van der Waals surface area contributed by atoms with Crippen molar-refractivity contribution in [2.24, 2.45) is 11.8 Å². The molecule has 0 saturated heterocycles. The van der Waals surface area contributed by atoms with Gasteiger partial charge in [0, 0.05) is 0 Å². The fourth-order valence-electron chi connectivity index (χ4n) is 4.08. The SMILES string of the molecule is CCC(C)CCCCCCCCCCOS(=O)(=O)OCCCCCCCCCCC(C)CC. The highest BCUT2D eigenvalue weighted by Gasteiger charge is 2.11. The Labute approximate surface area is 208 Å². The summed E-state index contributed by atoms with van der Waals surface area (Å²) in [4.78, 5) is 0. The molecule has 0 radical (unpaired) electrons. The zero-order valence-electron chi connectivity index (χ0n) is 22.8. The van der Waals surface area contributed by atoms with E-state index in [0.29, 0.717) is 0 Å². The predicted octanol–water partition coefficient (Wildman–Crippen LogP) is 9.38. The van der Waals surface area contributed by atoms with Crippen molar-refractivity contribution in [3.63, 3.8) is 0 Å². The van der Waals surface area contributed by atoms with Crippen LogP contribution in [0.2, 0.25) is 0 Å². The average Bonchev–Trinajstić information content (AvgIpc) is 2.80. The molecule has 4 nitrogen and oxygen atoms in total. The molecular formula is C28H58O4S. The Morgan fingerprint density at radius 1 is 0.485 bits per heavy atom. The zero-order valence-corrected chi connectivity index (χ0v) is 23.6. The highest BCUT2D eigenvalue weighted by molar-refractivity contribution is 7.81. The van der Waals surface area contributed by atoms with Crippen molar-refractivity contribution in [2.45, 2.75) is 156 Å². The molecule has 2 atom stereocenters. The number of hydrogen-bond acceptors (Lipinski definition) is 4. The molecule has 0 aromatic rings. The van der Waals surface area contributed by atoms with Gasteiger partial charge in [-0.25, -0.2) is 8.37 Å². The molecule has 33 heavy (non-hydrogen) atoms. The van der Waals surface area contributed by atoms with Crippen LogP contribution >= 0.6 is 0 Å². The number of hydrogen-bond donors (Lipinski definition) is 0. The number of unbranched alkanes of at least 4 members (excludes halogenated alkanes) is 14. The van der Waals surface area contributed by atoms with Crippen molar-refractivity contribution < 1.29 is 16.8 Å². The fraction of sp³-hybridized carbons (Fsp3) is 1.00. The lowest BCUT2D eigenvalue weighted by Gasteiger charge is -2.08. The summed E-state index contributed by atoms with van der Waals surface area (Å²) in [5, 5.41) is 0. The molecule has 0 aromatic heterocycles. The molecule has 0 amide bonds. The average molecular weight is 491 g/mol. The van der Waals surface area contributed by atoms with Crippen molar-refractivity contribution in [2.75, 3.05) is 13.2 Å². The minimum Gasteiger partial charge on any atom is -0.248 e. The van der Waals surface area contributed by atoms with Crippen molar-refractivity contribution >= 4 is 10.4 Å². The van der Waals surface area contributed by atoms with Crippen LogP contribution in [0.1, 0.15) is 156 Å². The summed E-state index contributed by atoms with van der Waals surface area (Å²) >= 11 is 0. The van der Waals surface area contributed by atoms with Crippen LogP contribution in [0.5, 0.6) is 0 Å². The van der Waals surface area contributed by atoms with E-state index in [4.69, 9.17) is 8.37 Å². The molecule has 0 fully saturated rings. The van der Waals surface area contributed by atoms with E-state index in [1.54, 1.807) is 0 Å². The summed E-state index contributed by atoms with van der Waals surface area (Å²) in [6.07, 6.45) is 24.4. The lowest BCUT2D eigenvalue weighted by atomic mass is 10.00. The first-order valence-electron chi connectivity index (χ1n) is 14.4. The van der Waals surface area contributed by atoms with Crippen LogP contribution < -0.4 is 0 Å². The van der Waals surface area contributed by atoms with Gasteiger partial charge in [-0.05, 0) is 24.7 Å². The van der Waals surface area contributed by atoms with Crippen molar-refractivity contribution in [3.8, 4) is 0 Å². The first-order valence-corrected chi connectivity index (χ1v) is 15.8. The second-order valence-electron chi connectivity index (χ2n) is 10.3. The molecule has 2 unspecified atom stereocenters. The van der Waals surface area contributed by atoms with Gasteiger partial charge in [-0.3, -0.25) is 0 Å². The summed E-state index contributed by atoms with van der Waals surface area (Å²) in [5.74, 6) is 1.74. The van der Waals surface area contributed by atoms with Gasteiger partial charge in [-0.2, -0.15) is 8.42 Å². The molecule has 0 N–H and O–H groups in total. The first kappa shape index (κ1) is 32.9. The molecular weight excluding hydrogens is 432 g/mol. The maximum Gasteiger partial charge on any atom is 0.399 e. The monoisotopic (exact) mass is 490 g/mol. The third kappa shape index (κ3) is 24.8. The summed E-state index contributed by atoms with van der Waals surface area (Å²) in [6.45, 7) is 9.71. The molecule has 0 spiro atoms. The summed E-state index contributed by atoms with van der Waals surface area (Å²) in [5.41, 5.74) is 0. The van der Waals surface area contributed by atoms with Crippen molar-refractivity contribution in [1.29, 1.82) is 0 Å². The summed E-state index contributed by atoms with van der Waals surface area (Å²) in [7, 11) is -3.82. The highest BCUT2D eigenvalue weighted by Crippen LogP contribution is 2.16. The van der Waals surface area contributed by atoms with E-state index >= 15 is 0 Å². The van der Waals surface area contributed by atoms with E-state index in [2.05, 4.69) is 27.7 Å². The van der Waals surface area contributed by atoms with Gasteiger partial charge in [0.15, 0.2) is 0 Å². The third-order valence-corrected chi connectivity index (χ3v) is 7.94.